The lowest BCUT2D eigenvalue weighted by molar-refractivity contribution is 0.174. The van der Waals surface area contributed by atoms with Gasteiger partial charge in [-0.05, 0) is 51.5 Å². The third kappa shape index (κ3) is 4.43. The molecule has 14 heavy (non-hydrogen) atoms. The second-order valence-corrected chi connectivity index (χ2v) is 4.84. The Labute approximate surface area is 89.3 Å². The number of hydrogen-bond donors (Lipinski definition) is 0. The lowest BCUT2D eigenvalue weighted by Gasteiger charge is -2.30. The maximum Gasteiger partial charge on any atom is 0.000440 e. The van der Waals surface area contributed by atoms with Gasteiger partial charge >= 0.3 is 0 Å². The zero-order valence-corrected chi connectivity index (χ0v) is 10.1. The summed E-state index contributed by atoms with van der Waals surface area (Å²) in [5.41, 5.74) is 0. The minimum Gasteiger partial charge on any atom is -0.304 e. The molecule has 0 aromatic heterocycles. The molecule has 0 aromatic carbocycles. The predicted molar refractivity (Wildman–Crippen MR) is 62.6 cm³/mol. The summed E-state index contributed by atoms with van der Waals surface area (Å²) in [5, 5.41) is 0. The molecule has 0 aromatic rings. The molecule has 1 fully saturated rings. The van der Waals surface area contributed by atoms with Crippen LogP contribution in [0.5, 0.6) is 0 Å². The summed E-state index contributed by atoms with van der Waals surface area (Å²) in [7, 11) is 0. The van der Waals surface area contributed by atoms with Crippen LogP contribution in [0.4, 0.5) is 0 Å². The molecule has 2 nitrogen and oxygen atoms in total. The highest BCUT2D eigenvalue weighted by Gasteiger charge is 2.12. The molecule has 0 N–H and O–H groups in total. The highest BCUT2D eigenvalue weighted by atomic mass is 15.2. The van der Waals surface area contributed by atoms with Crippen LogP contribution in [-0.2, 0) is 0 Å². The van der Waals surface area contributed by atoms with Crippen LogP contribution in [0.15, 0.2) is 0 Å². The average molecular weight is 198 g/mol. The fourth-order valence-electron chi connectivity index (χ4n) is 2.27. The van der Waals surface area contributed by atoms with E-state index in [1.54, 1.807) is 0 Å². The Morgan fingerprint density at radius 2 is 1.43 bits per heavy atom. The molecule has 1 aliphatic heterocycles. The smallest absolute Gasteiger partial charge is 0.000440 e. The first kappa shape index (κ1) is 12.0. The third-order valence-corrected chi connectivity index (χ3v) is 2.97. The fourth-order valence-corrected chi connectivity index (χ4v) is 2.27. The molecule has 2 heteroatoms. The van der Waals surface area contributed by atoms with Gasteiger partial charge in [0.05, 0.1) is 0 Å². The summed E-state index contributed by atoms with van der Waals surface area (Å²) < 4.78 is 0. The van der Waals surface area contributed by atoms with Gasteiger partial charge in [-0.3, -0.25) is 0 Å². The molecule has 0 bridgehead atoms. The van der Waals surface area contributed by atoms with Gasteiger partial charge in [-0.2, -0.15) is 0 Å². The van der Waals surface area contributed by atoms with Crippen molar-refractivity contribution in [2.75, 3.05) is 39.3 Å². The lowest BCUT2D eigenvalue weighted by atomic mass is 10.1. The van der Waals surface area contributed by atoms with Crippen LogP contribution in [0.25, 0.3) is 0 Å². The standard InChI is InChI=1S/C12H26N2/c1-4-13-7-5-9-14(10-6-8-13)11-12(2)3/h12H,4-11H2,1-3H3. The molecule has 0 amide bonds. The fraction of sp³-hybridized carbons (Fsp3) is 1.00. The van der Waals surface area contributed by atoms with Gasteiger partial charge < -0.3 is 9.80 Å². The molecule has 1 rings (SSSR count). The van der Waals surface area contributed by atoms with Gasteiger partial charge in [-0.25, -0.2) is 0 Å². The van der Waals surface area contributed by atoms with Gasteiger partial charge in [0, 0.05) is 6.54 Å². The predicted octanol–water partition coefficient (Wildman–Crippen LogP) is 2.06. The van der Waals surface area contributed by atoms with Gasteiger partial charge in [0.15, 0.2) is 0 Å². The van der Waals surface area contributed by atoms with E-state index in [2.05, 4.69) is 30.6 Å². The molecule has 0 aliphatic carbocycles. The van der Waals surface area contributed by atoms with Crippen molar-refractivity contribution < 1.29 is 0 Å². The zero-order chi connectivity index (χ0) is 10.4. The van der Waals surface area contributed by atoms with E-state index in [9.17, 15) is 0 Å². The van der Waals surface area contributed by atoms with Crippen molar-refractivity contribution >= 4 is 0 Å². The van der Waals surface area contributed by atoms with Crippen LogP contribution < -0.4 is 0 Å². The van der Waals surface area contributed by atoms with Crippen LogP contribution >= 0.6 is 0 Å². The molecule has 0 saturated carbocycles. The monoisotopic (exact) mass is 198 g/mol. The maximum absolute atomic E-state index is 2.64. The van der Waals surface area contributed by atoms with Crippen molar-refractivity contribution in [3.8, 4) is 0 Å². The topological polar surface area (TPSA) is 6.48 Å². The third-order valence-electron chi connectivity index (χ3n) is 2.97. The Bertz CT molecular complexity index is 135. The summed E-state index contributed by atoms with van der Waals surface area (Å²) in [5.74, 6) is 0.816. The van der Waals surface area contributed by atoms with Crippen molar-refractivity contribution in [3.63, 3.8) is 0 Å². The maximum atomic E-state index is 2.64. The normalized spacial score (nSPS) is 22.3. The minimum absolute atomic E-state index is 0.816. The largest absolute Gasteiger partial charge is 0.304 e. The van der Waals surface area contributed by atoms with Gasteiger partial charge in [0.25, 0.3) is 0 Å². The van der Waals surface area contributed by atoms with E-state index >= 15 is 0 Å². The summed E-state index contributed by atoms with van der Waals surface area (Å²) in [6.07, 6.45) is 2.70. The van der Waals surface area contributed by atoms with E-state index in [1.807, 2.05) is 0 Å². The minimum atomic E-state index is 0.816. The summed E-state index contributed by atoms with van der Waals surface area (Å²) in [4.78, 5) is 5.21. The Hall–Kier alpha value is -0.0800. The molecule has 0 atom stereocenters. The number of rotatable bonds is 3. The van der Waals surface area contributed by atoms with Gasteiger partial charge in [-0.15, -0.1) is 0 Å². The van der Waals surface area contributed by atoms with Crippen LogP contribution in [0.1, 0.15) is 33.6 Å². The molecule has 0 spiro atoms. The van der Waals surface area contributed by atoms with Crippen molar-refractivity contribution in [1.29, 1.82) is 0 Å². The van der Waals surface area contributed by atoms with Gasteiger partial charge in [0.2, 0.25) is 0 Å². The van der Waals surface area contributed by atoms with Crippen LogP contribution in [0, 0.1) is 5.92 Å². The summed E-state index contributed by atoms with van der Waals surface area (Å²) in [6, 6.07) is 0. The van der Waals surface area contributed by atoms with Gasteiger partial charge in [-0.1, -0.05) is 20.8 Å². The Balaban J connectivity index is 2.25. The lowest BCUT2D eigenvalue weighted by Crippen LogP contribution is -2.38. The molecule has 1 heterocycles. The molecular weight excluding hydrogens is 172 g/mol. The van der Waals surface area contributed by atoms with Crippen molar-refractivity contribution in [2.45, 2.75) is 33.6 Å². The number of nitrogens with zero attached hydrogens (tertiary/aromatic N) is 2. The first-order valence-corrected chi connectivity index (χ1v) is 6.17. The SMILES string of the molecule is CCN1CCCN(CC(C)C)CCC1. The van der Waals surface area contributed by atoms with E-state index in [0.717, 1.165) is 5.92 Å². The second kappa shape index (κ2) is 6.41. The Morgan fingerprint density at radius 3 is 1.86 bits per heavy atom. The highest BCUT2D eigenvalue weighted by Crippen LogP contribution is 2.06. The van der Waals surface area contributed by atoms with E-state index in [-0.39, 0.29) is 0 Å². The van der Waals surface area contributed by atoms with Crippen molar-refractivity contribution in [1.82, 2.24) is 9.80 Å². The van der Waals surface area contributed by atoms with Crippen molar-refractivity contribution in [3.05, 3.63) is 0 Å². The summed E-state index contributed by atoms with van der Waals surface area (Å²) >= 11 is 0. The average Bonchev–Trinajstić information content (AvgIpc) is 2.08. The van der Waals surface area contributed by atoms with Gasteiger partial charge in [0.1, 0.15) is 0 Å². The quantitative estimate of drug-likeness (QED) is 0.685. The molecule has 0 radical (unpaired) electrons. The first-order chi connectivity index (χ1) is 6.72. The molecule has 1 saturated heterocycles. The van der Waals surface area contributed by atoms with E-state index in [4.69, 9.17) is 0 Å². The van der Waals surface area contributed by atoms with Crippen LogP contribution in [0.3, 0.4) is 0 Å². The Morgan fingerprint density at radius 1 is 0.929 bits per heavy atom. The van der Waals surface area contributed by atoms with E-state index in [0.29, 0.717) is 0 Å². The van der Waals surface area contributed by atoms with Crippen LogP contribution in [-0.4, -0.2) is 49.1 Å². The zero-order valence-electron chi connectivity index (χ0n) is 10.1. The van der Waals surface area contributed by atoms with E-state index < -0.39 is 0 Å². The molecule has 1 aliphatic rings. The Kier molecular flexibility index (Phi) is 5.49. The molecule has 84 valence electrons. The summed E-state index contributed by atoms with van der Waals surface area (Å²) in [6.45, 7) is 14.6. The number of hydrogen-bond acceptors (Lipinski definition) is 2. The first-order valence-electron chi connectivity index (χ1n) is 6.17. The second-order valence-electron chi connectivity index (χ2n) is 4.84. The van der Waals surface area contributed by atoms with Crippen LogP contribution in [0.2, 0.25) is 0 Å². The molecule has 0 unspecified atom stereocenters. The molecular formula is C12H26N2. The van der Waals surface area contributed by atoms with E-state index in [1.165, 1.54) is 52.1 Å². The highest BCUT2D eigenvalue weighted by molar-refractivity contribution is 4.67. The van der Waals surface area contributed by atoms with Crippen molar-refractivity contribution in [2.24, 2.45) is 5.92 Å².